The van der Waals surface area contributed by atoms with Gasteiger partial charge in [-0.15, -0.1) is 0 Å². The van der Waals surface area contributed by atoms with E-state index in [1.54, 1.807) is 16.9 Å². The second-order valence-corrected chi connectivity index (χ2v) is 10.1. The highest BCUT2D eigenvalue weighted by Crippen LogP contribution is 2.43. The quantitative estimate of drug-likeness (QED) is 0.261. The van der Waals surface area contributed by atoms with Gasteiger partial charge in [0.2, 0.25) is 0 Å². The molecular formula is C23H23BrN6O3S. The number of fused-ring (bicyclic) bond motifs is 1. The Balaban J connectivity index is 1.39. The van der Waals surface area contributed by atoms with E-state index in [2.05, 4.69) is 35.6 Å². The van der Waals surface area contributed by atoms with Crippen molar-refractivity contribution in [3.05, 3.63) is 64.7 Å². The largest absolute Gasteiger partial charge is 0.508 e. The Morgan fingerprint density at radius 3 is 2.74 bits per heavy atom. The molecule has 0 saturated carbocycles. The zero-order chi connectivity index (χ0) is 23.7. The molecule has 3 aromatic heterocycles. The van der Waals surface area contributed by atoms with E-state index in [-0.39, 0.29) is 23.2 Å². The monoisotopic (exact) mass is 542 g/mol. The number of pyridine rings is 1. The summed E-state index contributed by atoms with van der Waals surface area (Å²) in [7, 11) is 0. The van der Waals surface area contributed by atoms with Gasteiger partial charge >= 0.3 is 0 Å². The van der Waals surface area contributed by atoms with Crippen LogP contribution in [0.1, 0.15) is 30.0 Å². The summed E-state index contributed by atoms with van der Waals surface area (Å²) < 4.78 is 4.71. The molecule has 11 heteroatoms. The molecular weight excluding hydrogens is 520 g/mol. The van der Waals surface area contributed by atoms with Gasteiger partial charge in [0.15, 0.2) is 5.65 Å². The van der Waals surface area contributed by atoms with Crippen LogP contribution in [0.2, 0.25) is 0 Å². The van der Waals surface area contributed by atoms with Crippen LogP contribution in [0.4, 0.5) is 5.82 Å². The second kappa shape index (κ2) is 9.69. The van der Waals surface area contributed by atoms with E-state index in [9.17, 15) is 15.3 Å². The van der Waals surface area contributed by atoms with Gasteiger partial charge in [-0.1, -0.05) is 6.07 Å². The summed E-state index contributed by atoms with van der Waals surface area (Å²) in [6.07, 6.45) is 7.24. The molecule has 4 heterocycles. The zero-order valence-electron chi connectivity index (χ0n) is 18.1. The van der Waals surface area contributed by atoms with Crippen LogP contribution in [0.15, 0.2) is 58.3 Å². The second-order valence-electron chi connectivity index (χ2n) is 8.14. The molecule has 176 valence electrons. The number of nitrogens with one attached hydrogen (secondary N) is 1. The third-order valence-corrected chi connectivity index (χ3v) is 7.45. The van der Waals surface area contributed by atoms with Gasteiger partial charge in [-0.3, -0.25) is 4.98 Å². The topological polar surface area (TPSA) is 119 Å². The van der Waals surface area contributed by atoms with Crippen molar-refractivity contribution in [1.82, 2.24) is 23.9 Å². The maximum Gasteiger partial charge on any atom is 0.171 e. The molecule has 1 saturated heterocycles. The number of phenols is 3. The van der Waals surface area contributed by atoms with Crippen molar-refractivity contribution in [2.75, 3.05) is 18.4 Å². The van der Waals surface area contributed by atoms with Crippen molar-refractivity contribution in [3.8, 4) is 17.2 Å². The summed E-state index contributed by atoms with van der Waals surface area (Å²) in [5.74, 6) is 0.538. The van der Waals surface area contributed by atoms with Crippen LogP contribution in [0.5, 0.6) is 17.2 Å². The first-order chi connectivity index (χ1) is 16.5. The highest BCUT2D eigenvalue weighted by molar-refractivity contribution is 9.10. The molecule has 1 unspecified atom stereocenters. The van der Waals surface area contributed by atoms with Gasteiger partial charge in [-0.25, -0.2) is 9.29 Å². The number of benzene rings is 1. The number of piperidine rings is 1. The van der Waals surface area contributed by atoms with Gasteiger partial charge in [0, 0.05) is 56.1 Å². The lowest BCUT2D eigenvalue weighted by Crippen LogP contribution is -2.29. The van der Waals surface area contributed by atoms with Crippen LogP contribution >= 0.6 is 27.9 Å². The minimum atomic E-state index is -0.175. The highest BCUT2D eigenvalue weighted by Gasteiger charge is 2.26. The molecule has 0 aliphatic carbocycles. The van der Waals surface area contributed by atoms with E-state index >= 15 is 0 Å². The Morgan fingerprint density at radius 2 is 1.97 bits per heavy atom. The molecule has 0 spiro atoms. The first kappa shape index (κ1) is 22.8. The number of hydrogen-bond donors (Lipinski definition) is 4. The maximum absolute atomic E-state index is 10.2. The summed E-state index contributed by atoms with van der Waals surface area (Å²) in [5, 5.41) is 37.9. The fourth-order valence-corrected chi connectivity index (χ4v) is 5.44. The number of hydrogen-bond acceptors (Lipinski definition) is 9. The molecule has 1 fully saturated rings. The third kappa shape index (κ3) is 4.77. The molecule has 0 amide bonds. The molecule has 1 aromatic carbocycles. The van der Waals surface area contributed by atoms with Crippen LogP contribution in [0, 0.1) is 0 Å². The molecule has 0 bridgehead atoms. The molecule has 0 radical (unpaired) electrons. The van der Waals surface area contributed by atoms with Crippen molar-refractivity contribution in [2.24, 2.45) is 0 Å². The average molecular weight is 543 g/mol. The van der Waals surface area contributed by atoms with E-state index < -0.39 is 0 Å². The zero-order valence-corrected chi connectivity index (χ0v) is 20.5. The number of aromatic nitrogens is 4. The molecule has 9 nitrogen and oxygen atoms in total. The van der Waals surface area contributed by atoms with E-state index in [4.69, 9.17) is 4.98 Å². The average Bonchev–Trinajstić information content (AvgIpc) is 3.21. The van der Waals surface area contributed by atoms with Crippen molar-refractivity contribution >= 4 is 39.3 Å². The number of anilines is 1. The Bertz CT molecular complexity index is 1300. The van der Waals surface area contributed by atoms with E-state index in [0.29, 0.717) is 18.0 Å². The Labute approximate surface area is 208 Å². The number of nitrogens with zero attached hydrogens (tertiary/aromatic N) is 5. The normalized spacial score (nSPS) is 16.7. The summed E-state index contributed by atoms with van der Waals surface area (Å²) in [6, 6.07) is 8.43. The van der Waals surface area contributed by atoms with Crippen molar-refractivity contribution in [3.63, 3.8) is 0 Å². The minimum Gasteiger partial charge on any atom is -0.508 e. The molecule has 1 aliphatic rings. The number of aromatic hydroxyl groups is 3. The predicted molar refractivity (Wildman–Crippen MR) is 133 cm³/mol. The van der Waals surface area contributed by atoms with Crippen molar-refractivity contribution in [1.29, 1.82) is 0 Å². The lowest BCUT2D eigenvalue weighted by atomic mass is 9.96. The Hall–Kier alpha value is -3.02. The maximum atomic E-state index is 10.2. The first-order valence-electron chi connectivity index (χ1n) is 10.8. The van der Waals surface area contributed by atoms with E-state index in [1.165, 1.54) is 24.1 Å². The van der Waals surface area contributed by atoms with Crippen LogP contribution in [-0.4, -0.2) is 52.3 Å². The fraction of sp³-hybridized carbons (Fsp3) is 0.261. The van der Waals surface area contributed by atoms with Gasteiger partial charge in [-0.2, -0.15) is 9.61 Å². The Kier molecular flexibility index (Phi) is 6.48. The minimum absolute atomic E-state index is 0.144. The first-order valence-corrected chi connectivity index (χ1v) is 12.4. The van der Waals surface area contributed by atoms with Gasteiger partial charge in [0.05, 0.1) is 16.4 Å². The van der Waals surface area contributed by atoms with Gasteiger partial charge < -0.3 is 20.6 Å². The lowest BCUT2D eigenvalue weighted by molar-refractivity contribution is 0.336. The summed E-state index contributed by atoms with van der Waals surface area (Å²) >= 11 is 4.85. The van der Waals surface area contributed by atoms with Gasteiger partial charge in [0.25, 0.3) is 0 Å². The standard InChI is InChI=1S/C23H23BrN6O3S/c24-17-12-27-30-21(26-11-14-3-1-5-25-10-14)9-18(28-23(17)30)15-4-2-6-29(13-15)34-22-19(32)7-16(31)8-20(22)33/h1,3,5,7-10,12,15,26,31-33H,2,4,6,11,13H2. The van der Waals surface area contributed by atoms with Gasteiger partial charge in [0.1, 0.15) is 28.0 Å². The fourth-order valence-electron chi connectivity index (χ4n) is 4.06. The molecule has 1 atom stereocenters. The smallest absolute Gasteiger partial charge is 0.171 e. The van der Waals surface area contributed by atoms with Crippen molar-refractivity contribution in [2.45, 2.75) is 30.2 Å². The van der Waals surface area contributed by atoms with E-state index in [0.717, 1.165) is 46.6 Å². The summed E-state index contributed by atoms with van der Waals surface area (Å²) in [6.45, 7) is 2.11. The van der Waals surface area contributed by atoms with Crippen LogP contribution in [-0.2, 0) is 6.54 Å². The lowest BCUT2D eigenvalue weighted by Gasteiger charge is -2.31. The third-order valence-electron chi connectivity index (χ3n) is 5.70. The molecule has 4 N–H and O–H groups in total. The predicted octanol–water partition coefficient (Wildman–Crippen LogP) is 4.50. The number of rotatable bonds is 6. The number of phenolic OH excluding ortho intramolecular Hbond substituents is 3. The summed E-state index contributed by atoms with van der Waals surface area (Å²) in [4.78, 5) is 9.40. The SMILES string of the molecule is Oc1cc(O)c(SN2CCCC(c3cc(NCc4cccnc4)n4ncc(Br)c4n3)C2)c(O)c1. The molecule has 4 aromatic rings. The Morgan fingerprint density at radius 1 is 1.15 bits per heavy atom. The van der Waals surface area contributed by atoms with E-state index in [1.807, 2.05) is 24.4 Å². The molecule has 1 aliphatic heterocycles. The van der Waals surface area contributed by atoms with Crippen molar-refractivity contribution < 1.29 is 15.3 Å². The highest BCUT2D eigenvalue weighted by atomic mass is 79.9. The molecule has 34 heavy (non-hydrogen) atoms. The van der Waals surface area contributed by atoms with Crippen LogP contribution in [0.3, 0.4) is 0 Å². The van der Waals surface area contributed by atoms with Crippen LogP contribution in [0.25, 0.3) is 5.65 Å². The van der Waals surface area contributed by atoms with Gasteiger partial charge in [-0.05, 0) is 52.3 Å². The van der Waals surface area contributed by atoms with Crippen LogP contribution < -0.4 is 5.32 Å². The summed E-state index contributed by atoms with van der Waals surface area (Å²) in [5.41, 5.74) is 2.76. The molecule has 5 rings (SSSR count). The number of halogens is 1.